The van der Waals surface area contributed by atoms with Gasteiger partial charge < -0.3 is 38.4 Å². The molecule has 3 fully saturated rings. The summed E-state index contributed by atoms with van der Waals surface area (Å²) in [5.41, 5.74) is 0. The third kappa shape index (κ3) is 7.15. The number of hydrogen-bond acceptors (Lipinski definition) is 9. The fourth-order valence-electron chi connectivity index (χ4n) is 5.46. The molecular weight excluding hydrogens is 454 g/mol. The normalized spacial score (nSPS) is 37.9. The summed E-state index contributed by atoms with van der Waals surface area (Å²) in [7, 11) is 3.43. The minimum atomic E-state index is -1.69. The molecule has 35 heavy (non-hydrogen) atoms. The number of esters is 1. The quantitative estimate of drug-likeness (QED) is 0.339. The van der Waals surface area contributed by atoms with Crippen molar-refractivity contribution in [3.8, 4) is 0 Å². The highest BCUT2D eigenvalue weighted by Crippen LogP contribution is 2.39. The zero-order chi connectivity index (χ0) is 25.6. The molecule has 3 rings (SSSR count). The number of unbranched alkanes of at least 4 members (excludes halogenated alkanes) is 1. The van der Waals surface area contributed by atoms with Gasteiger partial charge in [0.25, 0.3) is 5.79 Å². The molecule has 3 unspecified atom stereocenters. The van der Waals surface area contributed by atoms with Crippen molar-refractivity contribution in [1.29, 1.82) is 0 Å². The Labute approximate surface area is 210 Å². The summed E-state index contributed by atoms with van der Waals surface area (Å²) in [5, 5.41) is 11.2. The Morgan fingerprint density at radius 2 is 1.94 bits per heavy atom. The average molecular weight is 502 g/mol. The lowest BCUT2D eigenvalue weighted by Crippen LogP contribution is -2.64. The molecule has 0 spiro atoms. The summed E-state index contributed by atoms with van der Waals surface area (Å²) >= 11 is 0. The predicted octanol–water partition coefficient (Wildman–Crippen LogP) is 2.87. The number of nitrogens with zero attached hydrogens (tertiary/aromatic N) is 1. The first-order valence-corrected chi connectivity index (χ1v) is 13.4. The molecule has 0 amide bonds. The summed E-state index contributed by atoms with van der Waals surface area (Å²) in [6, 6.07) is 0.169. The van der Waals surface area contributed by atoms with Crippen LogP contribution in [-0.2, 0) is 33.2 Å². The SMILES string of the molecule is CCCCO[C@@H]1C[C@](OCC2CCC(CCC)CN2C)(C(=O)OC)OC([C@H]2COC(C)(C)O2)[C@@H]1O. The van der Waals surface area contributed by atoms with Crippen molar-refractivity contribution in [2.75, 3.05) is 40.5 Å². The van der Waals surface area contributed by atoms with Crippen LogP contribution in [0.5, 0.6) is 0 Å². The lowest BCUT2D eigenvalue weighted by molar-refractivity contribution is -0.331. The van der Waals surface area contributed by atoms with Gasteiger partial charge in [0.15, 0.2) is 5.79 Å². The van der Waals surface area contributed by atoms with Crippen LogP contribution in [-0.4, -0.2) is 98.5 Å². The number of methoxy groups -OCH3 is 1. The van der Waals surface area contributed by atoms with Crippen LogP contribution < -0.4 is 0 Å². The van der Waals surface area contributed by atoms with E-state index in [0.29, 0.717) is 19.1 Å². The van der Waals surface area contributed by atoms with Gasteiger partial charge >= 0.3 is 5.97 Å². The van der Waals surface area contributed by atoms with E-state index in [0.717, 1.165) is 32.2 Å². The Morgan fingerprint density at radius 1 is 1.17 bits per heavy atom. The molecule has 1 N–H and O–H groups in total. The number of carbonyl (C=O) groups excluding carboxylic acids is 1. The van der Waals surface area contributed by atoms with Crippen molar-refractivity contribution in [1.82, 2.24) is 4.90 Å². The van der Waals surface area contributed by atoms with E-state index >= 15 is 0 Å². The minimum Gasteiger partial charge on any atom is -0.465 e. The van der Waals surface area contributed by atoms with Crippen molar-refractivity contribution < 1.29 is 38.3 Å². The average Bonchev–Trinajstić information content (AvgIpc) is 3.19. The lowest BCUT2D eigenvalue weighted by Gasteiger charge is -2.47. The first-order chi connectivity index (χ1) is 16.6. The standard InChI is InChI=1S/C26H47NO8/c1-7-9-13-31-20-14-26(24(29)30-6,33-16-19-12-11-18(10-8-2)15-27(19)5)35-23(22(20)28)21-17-32-25(3,4)34-21/h18-23,28H,7-17H2,1-6H3/t18?,19?,20-,21-,22-,23?,26-/m1/s1. The molecule has 0 radical (unpaired) electrons. The number of rotatable bonds is 11. The molecule has 3 aliphatic rings. The van der Waals surface area contributed by atoms with E-state index in [4.69, 9.17) is 28.4 Å². The van der Waals surface area contributed by atoms with Crippen LogP contribution in [0.25, 0.3) is 0 Å². The molecule has 0 aromatic rings. The smallest absolute Gasteiger partial charge is 0.366 e. The van der Waals surface area contributed by atoms with Crippen molar-refractivity contribution in [2.45, 2.75) is 115 Å². The molecular formula is C26H47NO8. The monoisotopic (exact) mass is 501 g/mol. The van der Waals surface area contributed by atoms with Crippen LogP contribution in [0, 0.1) is 5.92 Å². The van der Waals surface area contributed by atoms with Crippen LogP contribution in [0.3, 0.4) is 0 Å². The number of carbonyl (C=O) groups is 1. The molecule has 7 atom stereocenters. The summed E-state index contributed by atoms with van der Waals surface area (Å²) in [5.74, 6) is -2.43. The zero-order valence-electron chi connectivity index (χ0n) is 22.5. The van der Waals surface area contributed by atoms with Crippen molar-refractivity contribution in [3.05, 3.63) is 0 Å². The molecule has 9 nitrogen and oxygen atoms in total. The topological polar surface area (TPSA) is 95.9 Å². The van der Waals surface area contributed by atoms with Crippen LogP contribution in [0.4, 0.5) is 0 Å². The van der Waals surface area contributed by atoms with Gasteiger partial charge in [-0.2, -0.15) is 0 Å². The Bertz CT molecular complexity index is 676. The Kier molecular flexibility index (Phi) is 10.4. The maximum atomic E-state index is 13.2. The van der Waals surface area contributed by atoms with Crippen molar-refractivity contribution in [2.24, 2.45) is 5.92 Å². The van der Waals surface area contributed by atoms with Gasteiger partial charge in [-0.3, -0.25) is 0 Å². The fourth-order valence-corrected chi connectivity index (χ4v) is 5.46. The third-order valence-electron chi connectivity index (χ3n) is 7.52. The van der Waals surface area contributed by atoms with E-state index in [1.165, 1.54) is 20.0 Å². The van der Waals surface area contributed by atoms with E-state index in [1.54, 1.807) is 0 Å². The van der Waals surface area contributed by atoms with E-state index < -0.39 is 42.0 Å². The summed E-state index contributed by atoms with van der Waals surface area (Å²) in [6.07, 6.45) is 3.31. The number of piperidine rings is 1. The van der Waals surface area contributed by atoms with Crippen LogP contribution in [0.15, 0.2) is 0 Å². The van der Waals surface area contributed by atoms with Gasteiger partial charge in [0.1, 0.15) is 18.3 Å². The second kappa shape index (κ2) is 12.6. The number of hydrogen-bond donors (Lipinski definition) is 1. The first-order valence-electron chi connectivity index (χ1n) is 13.4. The second-order valence-corrected chi connectivity index (χ2v) is 10.8. The van der Waals surface area contributed by atoms with Gasteiger partial charge in [-0.25, -0.2) is 4.79 Å². The van der Waals surface area contributed by atoms with E-state index in [1.807, 2.05) is 13.8 Å². The van der Waals surface area contributed by atoms with E-state index in [-0.39, 0.29) is 19.1 Å². The number of aliphatic hydroxyl groups excluding tert-OH is 1. The van der Waals surface area contributed by atoms with Gasteiger partial charge in [0, 0.05) is 25.6 Å². The van der Waals surface area contributed by atoms with Gasteiger partial charge in [-0.1, -0.05) is 26.7 Å². The first kappa shape index (κ1) is 28.8. The molecule has 0 aromatic heterocycles. The molecule has 204 valence electrons. The van der Waals surface area contributed by atoms with Gasteiger partial charge in [0.2, 0.25) is 0 Å². The third-order valence-corrected chi connectivity index (χ3v) is 7.52. The molecule has 0 saturated carbocycles. The minimum absolute atomic E-state index is 0.0485. The number of ether oxygens (including phenoxy) is 6. The van der Waals surface area contributed by atoms with Crippen LogP contribution in [0.2, 0.25) is 0 Å². The summed E-state index contributed by atoms with van der Waals surface area (Å²) in [6.45, 7) is 9.96. The van der Waals surface area contributed by atoms with Gasteiger partial charge in [-0.05, 0) is 52.5 Å². The van der Waals surface area contributed by atoms with E-state index in [9.17, 15) is 9.90 Å². The zero-order valence-corrected chi connectivity index (χ0v) is 22.5. The van der Waals surface area contributed by atoms with Crippen LogP contribution >= 0.6 is 0 Å². The number of likely N-dealkylation sites (tertiary alicyclic amines) is 1. The predicted molar refractivity (Wildman–Crippen MR) is 130 cm³/mol. The van der Waals surface area contributed by atoms with Crippen molar-refractivity contribution >= 4 is 5.97 Å². The summed E-state index contributed by atoms with van der Waals surface area (Å²) < 4.78 is 35.6. The summed E-state index contributed by atoms with van der Waals surface area (Å²) in [4.78, 5) is 15.5. The Balaban J connectivity index is 1.78. The maximum absolute atomic E-state index is 13.2. The van der Waals surface area contributed by atoms with Gasteiger partial charge in [-0.15, -0.1) is 0 Å². The number of likely N-dealkylation sites (N-methyl/N-ethyl adjacent to an activating group) is 1. The maximum Gasteiger partial charge on any atom is 0.366 e. The second-order valence-electron chi connectivity index (χ2n) is 10.8. The fraction of sp³-hybridized carbons (Fsp3) is 0.962. The molecule has 0 aromatic carbocycles. The highest BCUT2D eigenvalue weighted by Gasteiger charge is 2.57. The Hall–Kier alpha value is -0.810. The largest absolute Gasteiger partial charge is 0.465 e. The molecule has 0 aliphatic carbocycles. The van der Waals surface area contributed by atoms with E-state index in [2.05, 4.69) is 25.8 Å². The highest BCUT2D eigenvalue weighted by atomic mass is 16.8. The number of aliphatic hydroxyl groups is 1. The molecule has 0 bridgehead atoms. The highest BCUT2D eigenvalue weighted by molar-refractivity contribution is 5.78. The molecule has 3 heterocycles. The van der Waals surface area contributed by atoms with Crippen LogP contribution in [0.1, 0.15) is 72.6 Å². The Morgan fingerprint density at radius 3 is 2.54 bits per heavy atom. The molecule has 3 saturated heterocycles. The lowest BCUT2D eigenvalue weighted by atomic mass is 9.90. The van der Waals surface area contributed by atoms with Crippen molar-refractivity contribution in [3.63, 3.8) is 0 Å². The van der Waals surface area contributed by atoms with Gasteiger partial charge in [0.05, 0.1) is 26.4 Å². The molecule has 3 aliphatic heterocycles. The molecule has 9 heteroatoms.